The molecule has 7 heteroatoms. The van der Waals surface area contributed by atoms with E-state index in [1.54, 1.807) is 12.5 Å². The van der Waals surface area contributed by atoms with Crippen molar-refractivity contribution < 1.29 is 14.3 Å². The van der Waals surface area contributed by atoms with Crippen LogP contribution in [-0.2, 0) is 11.2 Å². The van der Waals surface area contributed by atoms with Gasteiger partial charge >= 0.3 is 0 Å². The number of carbonyl (C=O) groups excluding carboxylic acids is 2. The van der Waals surface area contributed by atoms with Gasteiger partial charge in [0.25, 0.3) is 5.91 Å². The van der Waals surface area contributed by atoms with E-state index in [2.05, 4.69) is 15.6 Å². The van der Waals surface area contributed by atoms with E-state index in [0.29, 0.717) is 25.2 Å². The SMILES string of the molecule is COc1ccc(Cc2nc(C(=O)NCCNC(C)=O)cs2)cc1. The number of benzene rings is 1. The lowest BCUT2D eigenvalue weighted by molar-refractivity contribution is -0.118. The third kappa shape index (κ3) is 5.37. The van der Waals surface area contributed by atoms with Gasteiger partial charge in [-0.3, -0.25) is 9.59 Å². The zero-order chi connectivity index (χ0) is 16.7. The van der Waals surface area contributed by atoms with Crippen molar-refractivity contribution in [1.29, 1.82) is 0 Å². The maximum atomic E-state index is 11.9. The highest BCUT2D eigenvalue weighted by Crippen LogP contribution is 2.17. The Balaban J connectivity index is 1.86. The number of hydrogen-bond donors (Lipinski definition) is 2. The van der Waals surface area contributed by atoms with Crippen LogP contribution in [0.15, 0.2) is 29.6 Å². The summed E-state index contributed by atoms with van der Waals surface area (Å²) < 4.78 is 5.12. The van der Waals surface area contributed by atoms with Crippen LogP contribution in [0, 0.1) is 0 Å². The molecule has 6 nitrogen and oxygen atoms in total. The lowest BCUT2D eigenvalue weighted by atomic mass is 10.1. The molecule has 122 valence electrons. The van der Waals surface area contributed by atoms with Crippen LogP contribution in [0.3, 0.4) is 0 Å². The fourth-order valence-corrected chi connectivity index (χ4v) is 2.73. The van der Waals surface area contributed by atoms with Gasteiger partial charge in [0.05, 0.1) is 12.1 Å². The average Bonchev–Trinajstić information content (AvgIpc) is 3.00. The highest BCUT2D eigenvalue weighted by molar-refractivity contribution is 7.09. The Morgan fingerprint density at radius 1 is 1.17 bits per heavy atom. The van der Waals surface area contributed by atoms with Crippen molar-refractivity contribution >= 4 is 23.2 Å². The van der Waals surface area contributed by atoms with Crippen molar-refractivity contribution in [3.8, 4) is 5.75 Å². The minimum absolute atomic E-state index is 0.116. The van der Waals surface area contributed by atoms with Gasteiger partial charge in [0.2, 0.25) is 5.91 Å². The number of ether oxygens (including phenoxy) is 1. The first-order valence-corrected chi connectivity index (χ1v) is 8.06. The van der Waals surface area contributed by atoms with E-state index in [0.717, 1.165) is 16.3 Å². The molecular formula is C16H19N3O3S. The van der Waals surface area contributed by atoms with Crippen LogP contribution in [0.1, 0.15) is 28.0 Å². The minimum Gasteiger partial charge on any atom is -0.497 e. The minimum atomic E-state index is -0.229. The van der Waals surface area contributed by atoms with E-state index in [1.165, 1.54) is 18.3 Å². The third-order valence-corrected chi connectivity index (χ3v) is 3.93. The van der Waals surface area contributed by atoms with Gasteiger partial charge in [0.15, 0.2) is 0 Å². The molecule has 2 N–H and O–H groups in total. The molecule has 2 rings (SSSR count). The number of rotatable bonds is 7. The van der Waals surface area contributed by atoms with Gasteiger partial charge in [0.1, 0.15) is 11.4 Å². The van der Waals surface area contributed by atoms with Crippen LogP contribution in [-0.4, -0.2) is 37.0 Å². The summed E-state index contributed by atoms with van der Waals surface area (Å²) in [5.74, 6) is 0.467. The van der Waals surface area contributed by atoms with Crippen LogP contribution in [0.5, 0.6) is 5.75 Å². The molecular weight excluding hydrogens is 314 g/mol. The first kappa shape index (κ1) is 17.0. The van der Waals surface area contributed by atoms with Gasteiger partial charge in [-0.25, -0.2) is 4.98 Å². The van der Waals surface area contributed by atoms with Gasteiger partial charge in [-0.2, -0.15) is 0 Å². The molecule has 23 heavy (non-hydrogen) atoms. The van der Waals surface area contributed by atoms with E-state index in [9.17, 15) is 9.59 Å². The Bertz CT molecular complexity index is 667. The van der Waals surface area contributed by atoms with Crippen LogP contribution in [0.4, 0.5) is 0 Å². The normalized spacial score (nSPS) is 10.2. The molecule has 2 amide bonds. The number of amides is 2. The first-order valence-electron chi connectivity index (χ1n) is 7.18. The predicted molar refractivity (Wildman–Crippen MR) is 88.9 cm³/mol. The largest absolute Gasteiger partial charge is 0.497 e. The van der Waals surface area contributed by atoms with Crippen molar-refractivity contribution in [2.24, 2.45) is 0 Å². The number of nitrogens with zero attached hydrogens (tertiary/aromatic N) is 1. The second kappa shape index (κ2) is 8.28. The van der Waals surface area contributed by atoms with Crippen molar-refractivity contribution in [3.63, 3.8) is 0 Å². The van der Waals surface area contributed by atoms with Gasteiger partial charge < -0.3 is 15.4 Å². The molecule has 1 aromatic carbocycles. The standard InChI is InChI=1S/C16H19N3O3S/c1-11(20)17-7-8-18-16(21)14-10-23-15(19-14)9-12-3-5-13(22-2)6-4-12/h3-6,10H,7-9H2,1-2H3,(H,17,20)(H,18,21). The molecule has 1 aromatic heterocycles. The van der Waals surface area contributed by atoms with Crippen molar-refractivity contribution in [1.82, 2.24) is 15.6 Å². The molecule has 0 fully saturated rings. The monoisotopic (exact) mass is 333 g/mol. The number of nitrogens with one attached hydrogen (secondary N) is 2. The molecule has 0 atom stereocenters. The smallest absolute Gasteiger partial charge is 0.270 e. The molecule has 0 saturated carbocycles. The van der Waals surface area contributed by atoms with E-state index in [4.69, 9.17) is 4.74 Å². The summed E-state index contributed by atoms with van der Waals surface area (Å²) in [4.78, 5) is 27.0. The molecule has 1 heterocycles. The van der Waals surface area contributed by atoms with E-state index < -0.39 is 0 Å². The van der Waals surface area contributed by atoms with E-state index in [1.807, 2.05) is 24.3 Å². The molecule has 0 radical (unpaired) electrons. The predicted octanol–water partition coefficient (Wildman–Crippen LogP) is 1.61. The summed E-state index contributed by atoms with van der Waals surface area (Å²) in [6, 6.07) is 7.76. The Morgan fingerprint density at radius 2 is 1.87 bits per heavy atom. The highest BCUT2D eigenvalue weighted by atomic mass is 32.1. The number of aromatic nitrogens is 1. The Labute approximate surface area is 138 Å². The molecule has 0 bridgehead atoms. The van der Waals surface area contributed by atoms with Crippen molar-refractivity contribution in [2.75, 3.05) is 20.2 Å². The Kier molecular flexibility index (Phi) is 6.10. The second-order valence-corrected chi connectivity index (χ2v) is 5.83. The summed E-state index contributed by atoms with van der Waals surface area (Å²) in [5.41, 5.74) is 1.51. The zero-order valence-corrected chi connectivity index (χ0v) is 13.9. The van der Waals surface area contributed by atoms with Crippen LogP contribution in [0.2, 0.25) is 0 Å². The summed E-state index contributed by atoms with van der Waals surface area (Å²) in [6.45, 7) is 2.22. The van der Waals surface area contributed by atoms with Crippen molar-refractivity contribution in [3.05, 3.63) is 45.9 Å². The second-order valence-electron chi connectivity index (χ2n) is 4.89. The fourth-order valence-electron chi connectivity index (χ4n) is 1.92. The fraction of sp³-hybridized carbons (Fsp3) is 0.312. The number of methoxy groups -OCH3 is 1. The molecule has 0 spiro atoms. The maximum absolute atomic E-state index is 11.9. The third-order valence-electron chi connectivity index (χ3n) is 3.08. The molecule has 0 saturated heterocycles. The lowest BCUT2D eigenvalue weighted by Gasteiger charge is -2.03. The number of thiazole rings is 1. The van der Waals surface area contributed by atoms with E-state index >= 15 is 0 Å². The molecule has 0 unspecified atom stereocenters. The summed E-state index contributed by atoms with van der Waals surface area (Å²) >= 11 is 1.45. The lowest BCUT2D eigenvalue weighted by Crippen LogP contribution is -2.33. The summed E-state index contributed by atoms with van der Waals surface area (Å²) in [6.07, 6.45) is 0.674. The van der Waals surface area contributed by atoms with Gasteiger partial charge in [-0.1, -0.05) is 12.1 Å². The first-order chi connectivity index (χ1) is 11.1. The van der Waals surface area contributed by atoms with Crippen LogP contribution >= 0.6 is 11.3 Å². The number of hydrogen-bond acceptors (Lipinski definition) is 5. The Morgan fingerprint density at radius 3 is 2.52 bits per heavy atom. The summed E-state index contributed by atoms with van der Waals surface area (Å²) in [7, 11) is 1.63. The topological polar surface area (TPSA) is 80.3 Å². The van der Waals surface area contributed by atoms with Crippen LogP contribution in [0.25, 0.3) is 0 Å². The quantitative estimate of drug-likeness (QED) is 0.755. The van der Waals surface area contributed by atoms with E-state index in [-0.39, 0.29) is 11.8 Å². The van der Waals surface area contributed by atoms with Gasteiger partial charge in [-0.15, -0.1) is 11.3 Å². The highest BCUT2D eigenvalue weighted by Gasteiger charge is 2.10. The average molecular weight is 333 g/mol. The molecule has 0 aliphatic heterocycles. The van der Waals surface area contributed by atoms with Gasteiger partial charge in [0, 0.05) is 31.8 Å². The Hall–Kier alpha value is -2.41. The maximum Gasteiger partial charge on any atom is 0.270 e. The zero-order valence-electron chi connectivity index (χ0n) is 13.1. The van der Waals surface area contributed by atoms with Crippen LogP contribution < -0.4 is 15.4 Å². The van der Waals surface area contributed by atoms with Gasteiger partial charge in [-0.05, 0) is 17.7 Å². The summed E-state index contributed by atoms with van der Waals surface area (Å²) in [5, 5.41) is 7.96. The molecule has 0 aliphatic rings. The molecule has 2 aromatic rings. The molecule has 0 aliphatic carbocycles. The van der Waals surface area contributed by atoms with Crippen molar-refractivity contribution in [2.45, 2.75) is 13.3 Å². The number of carbonyl (C=O) groups is 2.